The van der Waals surface area contributed by atoms with E-state index in [1.807, 2.05) is 6.92 Å². The lowest BCUT2D eigenvalue weighted by molar-refractivity contribution is -0.143. The van der Waals surface area contributed by atoms with Crippen molar-refractivity contribution in [3.05, 3.63) is 11.6 Å². The lowest BCUT2D eigenvalue weighted by atomic mass is 9.59. The van der Waals surface area contributed by atoms with Crippen LogP contribution in [0.4, 0.5) is 0 Å². The third kappa shape index (κ3) is 2.06. The van der Waals surface area contributed by atoms with Crippen LogP contribution in [-0.4, -0.2) is 21.9 Å². The van der Waals surface area contributed by atoms with E-state index in [-0.39, 0.29) is 17.4 Å². The maximum atomic E-state index is 10.7. The Balaban J connectivity index is 2.35. The van der Waals surface area contributed by atoms with Gasteiger partial charge in [-0.2, -0.15) is 0 Å². The van der Waals surface area contributed by atoms with Gasteiger partial charge in [0.1, 0.15) is 0 Å². The molecule has 0 bridgehead atoms. The first kappa shape index (κ1) is 13.1. The van der Waals surface area contributed by atoms with Crippen molar-refractivity contribution in [3.8, 4) is 0 Å². The third-order valence-electron chi connectivity index (χ3n) is 5.06. The molecule has 0 aromatic heterocycles. The highest BCUT2D eigenvalue weighted by molar-refractivity contribution is 5.14. The molecule has 0 aliphatic heterocycles. The molecule has 0 spiro atoms. The summed E-state index contributed by atoms with van der Waals surface area (Å²) >= 11 is 0. The normalized spacial score (nSPS) is 49.9. The predicted octanol–water partition coefficient (Wildman–Crippen LogP) is 2.89. The van der Waals surface area contributed by atoms with Crippen molar-refractivity contribution < 1.29 is 10.2 Å². The Morgan fingerprint density at radius 1 is 1.18 bits per heavy atom. The van der Waals surface area contributed by atoms with Crippen LogP contribution in [0.1, 0.15) is 53.4 Å². The minimum atomic E-state index is -0.624. The van der Waals surface area contributed by atoms with Gasteiger partial charge in [0.05, 0.1) is 11.7 Å². The van der Waals surface area contributed by atoms with E-state index in [2.05, 4.69) is 26.8 Å². The van der Waals surface area contributed by atoms with E-state index in [0.717, 1.165) is 25.7 Å². The third-order valence-corrected chi connectivity index (χ3v) is 5.06. The second kappa shape index (κ2) is 4.10. The van der Waals surface area contributed by atoms with Crippen molar-refractivity contribution in [3.63, 3.8) is 0 Å². The van der Waals surface area contributed by atoms with Gasteiger partial charge in [0.2, 0.25) is 0 Å². The zero-order chi connectivity index (χ0) is 12.8. The van der Waals surface area contributed by atoms with Crippen molar-refractivity contribution in [1.82, 2.24) is 0 Å². The Morgan fingerprint density at radius 2 is 1.82 bits per heavy atom. The fourth-order valence-electron chi connectivity index (χ4n) is 4.36. The first-order valence-corrected chi connectivity index (χ1v) is 6.83. The molecular weight excluding hydrogens is 212 g/mol. The Bertz CT molecular complexity index is 328. The van der Waals surface area contributed by atoms with Crippen LogP contribution in [-0.2, 0) is 0 Å². The molecule has 17 heavy (non-hydrogen) atoms. The van der Waals surface area contributed by atoms with Crippen LogP contribution >= 0.6 is 0 Å². The molecule has 2 rings (SSSR count). The summed E-state index contributed by atoms with van der Waals surface area (Å²) in [5.74, 6) is 0.628. The van der Waals surface area contributed by atoms with E-state index in [4.69, 9.17) is 0 Å². The molecule has 0 aromatic rings. The Kier molecular flexibility index (Phi) is 3.16. The molecule has 2 nitrogen and oxygen atoms in total. The fourth-order valence-corrected chi connectivity index (χ4v) is 4.36. The summed E-state index contributed by atoms with van der Waals surface area (Å²) in [4.78, 5) is 0. The van der Waals surface area contributed by atoms with Gasteiger partial charge in [0.25, 0.3) is 0 Å². The van der Waals surface area contributed by atoms with Crippen molar-refractivity contribution in [1.29, 1.82) is 0 Å². The molecule has 0 heterocycles. The van der Waals surface area contributed by atoms with E-state index >= 15 is 0 Å². The summed E-state index contributed by atoms with van der Waals surface area (Å²) < 4.78 is 0. The van der Waals surface area contributed by atoms with Gasteiger partial charge in [-0.3, -0.25) is 0 Å². The maximum absolute atomic E-state index is 10.7. The van der Waals surface area contributed by atoms with Crippen LogP contribution in [0.3, 0.4) is 0 Å². The summed E-state index contributed by atoms with van der Waals surface area (Å²) in [6, 6.07) is 0. The zero-order valence-corrected chi connectivity index (χ0v) is 11.5. The molecule has 2 saturated carbocycles. The minimum Gasteiger partial charge on any atom is -0.393 e. The maximum Gasteiger partial charge on any atom is 0.0660 e. The summed E-state index contributed by atoms with van der Waals surface area (Å²) in [7, 11) is 0. The van der Waals surface area contributed by atoms with Crippen LogP contribution in [0.15, 0.2) is 11.6 Å². The molecule has 0 radical (unpaired) electrons. The van der Waals surface area contributed by atoms with Gasteiger partial charge in [0, 0.05) is 5.92 Å². The Labute approximate surface area is 105 Å². The molecule has 2 heteroatoms. The van der Waals surface area contributed by atoms with Gasteiger partial charge in [0.15, 0.2) is 0 Å². The zero-order valence-electron chi connectivity index (χ0n) is 11.5. The summed E-state index contributed by atoms with van der Waals surface area (Å²) in [5.41, 5.74) is 0.592. The quantitative estimate of drug-likeness (QED) is 0.690. The lowest BCUT2D eigenvalue weighted by Gasteiger charge is -2.50. The minimum absolute atomic E-state index is 0.0988. The van der Waals surface area contributed by atoms with Gasteiger partial charge < -0.3 is 10.2 Å². The van der Waals surface area contributed by atoms with Crippen LogP contribution in [0.2, 0.25) is 0 Å². The van der Waals surface area contributed by atoms with Gasteiger partial charge in [-0.1, -0.05) is 18.6 Å². The molecule has 0 aromatic carbocycles. The number of allylic oxidation sites excluding steroid dienone is 2. The van der Waals surface area contributed by atoms with E-state index < -0.39 is 5.60 Å². The average molecular weight is 238 g/mol. The number of aliphatic hydroxyl groups is 2. The largest absolute Gasteiger partial charge is 0.393 e. The topological polar surface area (TPSA) is 40.5 Å². The molecule has 5 atom stereocenters. The Hall–Kier alpha value is -0.340. The Morgan fingerprint density at radius 3 is 2.41 bits per heavy atom. The van der Waals surface area contributed by atoms with E-state index in [0.29, 0.717) is 5.92 Å². The number of rotatable bonds is 1. The van der Waals surface area contributed by atoms with Crippen LogP contribution in [0.25, 0.3) is 0 Å². The van der Waals surface area contributed by atoms with Crippen molar-refractivity contribution >= 4 is 0 Å². The summed E-state index contributed by atoms with van der Waals surface area (Å²) in [5, 5.41) is 21.0. The second-order valence-corrected chi connectivity index (χ2v) is 6.84. The lowest BCUT2D eigenvalue weighted by Crippen LogP contribution is -2.53. The molecule has 2 fully saturated rings. The van der Waals surface area contributed by atoms with Gasteiger partial charge >= 0.3 is 0 Å². The van der Waals surface area contributed by atoms with Crippen molar-refractivity contribution in [2.45, 2.75) is 65.1 Å². The van der Waals surface area contributed by atoms with Crippen LogP contribution in [0.5, 0.6) is 0 Å². The smallest absolute Gasteiger partial charge is 0.0660 e. The first-order chi connectivity index (χ1) is 7.77. The average Bonchev–Trinajstić information content (AvgIpc) is 2.52. The molecule has 0 saturated heterocycles. The molecule has 98 valence electrons. The highest BCUT2D eigenvalue weighted by Gasteiger charge is 2.58. The van der Waals surface area contributed by atoms with Crippen LogP contribution < -0.4 is 0 Å². The van der Waals surface area contributed by atoms with Crippen molar-refractivity contribution in [2.24, 2.45) is 17.3 Å². The fraction of sp³-hybridized carbons (Fsp3) is 0.867. The first-order valence-electron chi connectivity index (χ1n) is 6.83. The molecule has 2 aliphatic rings. The van der Waals surface area contributed by atoms with Crippen LogP contribution in [0, 0.1) is 17.3 Å². The second-order valence-electron chi connectivity index (χ2n) is 6.84. The van der Waals surface area contributed by atoms with E-state index in [1.54, 1.807) is 0 Å². The van der Waals surface area contributed by atoms with Crippen molar-refractivity contribution in [2.75, 3.05) is 0 Å². The predicted molar refractivity (Wildman–Crippen MR) is 69.6 cm³/mol. The number of hydrogen-bond acceptors (Lipinski definition) is 2. The SMILES string of the molecule is CC(C)=CC1CC[C@@]2(C)C(O)CC[C@](C)(O)[C@H]12. The molecule has 2 unspecified atom stereocenters. The summed E-state index contributed by atoms with van der Waals surface area (Å²) in [6.45, 7) is 8.35. The highest BCUT2D eigenvalue weighted by Crippen LogP contribution is 2.58. The van der Waals surface area contributed by atoms with Gasteiger partial charge in [-0.25, -0.2) is 0 Å². The molecule has 2 N–H and O–H groups in total. The van der Waals surface area contributed by atoms with Gasteiger partial charge in [-0.15, -0.1) is 0 Å². The van der Waals surface area contributed by atoms with Gasteiger partial charge in [-0.05, 0) is 57.8 Å². The molecule has 0 amide bonds. The van der Waals surface area contributed by atoms with E-state index in [9.17, 15) is 10.2 Å². The standard InChI is InChI=1S/C15H26O2/c1-10(2)9-11-5-7-14(3)12(16)6-8-15(4,17)13(11)14/h9,11-13,16-17H,5-8H2,1-4H3/t11?,12?,13-,14+,15+/m1/s1. The molecule has 2 aliphatic carbocycles. The number of fused-ring (bicyclic) bond motifs is 1. The number of aliphatic hydroxyl groups excluding tert-OH is 1. The highest BCUT2D eigenvalue weighted by atomic mass is 16.3. The summed E-state index contributed by atoms with van der Waals surface area (Å²) in [6.07, 6.45) is 5.64. The molecular formula is C15H26O2. The monoisotopic (exact) mass is 238 g/mol. The van der Waals surface area contributed by atoms with E-state index in [1.165, 1.54) is 5.57 Å². The number of hydrogen-bond donors (Lipinski definition) is 2.